The van der Waals surface area contributed by atoms with Crippen molar-refractivity contribution >= 4 is 22.8 Å². The van der Waals surface area contributed by atoms with Crippen LogP contribution in [0.3, 0.4) is 0 Å². The average molecular weight is 502 g/mol. The van der Waals surface area contributed by atoms with E-state index in [1.54, 1.807) is 6.92 Å². The molecule has 0 aliphatic carbocycles. The van der Waals surface area contributed by atoms with Crippen molar-refractivity contribution in [3.8, 4) is 0 Å². The first kappa shape index (κ1) is 26.7. The predicted octanol–water partition coefficient (Wildman–Crippen LogP) is 3.36. The number of rotatable bonds is 7. The normalized spacial score (nSPS) is 25.1. The number of carbonyl (C=O) groups excluding carboxylic acids is 2. The summed E-state index contributed by atoms with van der Waals surface area (Å²) in [5, 5.41) is 2.64. The highest BCUT2D eigenvalue weighted by atomic mass is 32.2. The molecule has 6 atom stereocenters. The average Bonchev–Trinajstić information content (AvgIpc) is 2.98. The van der Waals surface area contributed by atoms with Crippen LogP contribution in [-0.4, -0.2) is 49.8 Å². The SMILES string of the molecule is CC(=O)N[C@@H](C)C(=O)N1[C@@H]2CC[C@H]1CC([C@@H](Cc1cc(F)c(F)cc1F)N[S@@](=O)C(C)(C)C)C2. The highest BCUT2D eigenvalue weighted by Crippen LogP contribution is 2.41. The summed E-state index contributed by atoms with van der Waals surface area (Å²) >= 11 is 0. The lowest BCUT2D eigenvalue weighted by Gasteiger charge is -2.43. The topological polar surface area (TPSA) is 78.5 Å². The Kier molecular flexibility index (Phi) is 8.12. The van der Waals surface area contributed by atoms with Gasteiger partial charge in [-0.2, -0.15) is 0 Å². The van der Waals surface area contributed by atoms with Crippen LogP contribution in [0, 0.1) is 23.4 Å². The molecule has 2 amide bonds. The molecule has 1 aromatic rings. The molecule has 2 bridgehead atoms. The standard InChI is InChI=1S/C24H34F3N3O3S/c1-13(28-14(2)31)23(32)30-17-6-7-18(30)9-16(8-17)22(29-34(33)24(3,4)5)11-15-10-20(26)21(27)12-19(15)25/h10,12-13,16-18,22,29H,6-9,11H2,1-5H3,(H,28,31)/t13-,16?,17-,18+,22+,34-/m0/s1. The highest BCUT2D eigenvalue weighted by Gasteiger charge is 2.46. The summed E-state index contributed by atoms with van der Waals surface area (Å²) in [6.07, 6.45) is 2.90. The van der Waals surface area contributed by atoms with Crippen molar-refractivity contribution in [2.24, 2.45) is 5.92 Å². The van der Waals surface area contributed by atoms with Gasteiger partial charge in [0, 0.05) is 31.1 Å². The van der Waals surface area contributed by atoms with Gasteiger partial charge < -0.3 is 10.2 Å². The maximum atomic E-state index is 14.5. The summed E-state index contributed by atoms with van der Waals surface area (Å²) in [5.74, 6) is -3.66. The molecule has 0 aromatic heterocycles. The first-order chi connectivity index (χ1) is 15.8. The minimum absolute atomic E-state index is 0.0208. The predicted molar refractivity (Wildman–Crippen MR) is 124 cm³/mol. The number of amides is 2. The summed E-state index contributed by atoms with van der Waals surface area (Å²) < 4.78 is 57.2. The zero-order chi connectivity index (χ0) is 25.4. The number of carbonyl (C=O) groups is 2. The van der Waals surface area contributed by atoms with Gasteiger partial charge in [0.05, 0.1) is 15.7 Å². The van der Waals surface area contributed by atoms with Crippen molar-refractivity contribution in [1.82, 2.24) is 14.9 Å². The molecule has 34 heavy (non-hydrogen) atoms. The quantitative estimate of drug-likeness (QED) is 0.563. The molecule has 6 nitrogen and oxygen atoms in total. The van der Waals surface area contributed by atoms with E-state index in [2.05, 4.69) is 10.0 Å². The van der Waals surface area contributed by atoms with E-state index in [1.165, 1.54) is 6.92 Å². The lowest BCUT2D eigenvalue weighted by atomic mass is 9.82. The van der Waals surface area contributed by atoms with E-state index in [0.29, 0.717) is 18.9 Å². The van der Waals surface area contributed by atoms with Crippen molar-refractivity contribution in [1.29, 1.82) is 0 Å². The van der Waals surface area contributed by atoms with Crippen LogP contribution < -0.4 is 10.0 Å². The van der Waals surface area contributed by atoms with Crippen molar-refractivity contribution in [3.63, 3.8) is 0 Å². The van der Waals surface area contributed by atoms with Crippen LogP contribution in [0.25, 0.3) is 0 Å². The third-order valence-electron chi connectivity index (χ3n) is 6.73. The monoisotopic (exact) mass is 501 g/mol. The van der Waals surface area contributed by atoms with E-state index in [4.69, 9.17) is 0 Å². The molecule has 2 saturated heterocycles. The van der Waals surface area contributed by atoms with Gasteiger partial charge >= 0.3 is 0 Å². The van der Waals surface area contributed by atoms with Gasteiger partial charge in [-0.15, -0.1) is 0 Å². The largest absolute Gasteiger partial charge is 0.345 e. The van der Waals surface area contributed by atoms with Gasteiger partial charge in [-0.3, -0.25) is 9.59 Å². The van der Waals surface area contributed by atoms with Gasteiger partial charge in [-0.25, -0.2) is 22.1 Å². The van der Waals surface area contributed by atoms with Crippen LogP contribution in [0.15, 0.2) is 12.1 Å². The lowest BCUT2D eigenvalue weighted by molar-refractivity contribution is -0.140. The van der Waals surface area contributed by atoms with Crippen molar-refractivity contribution in [3.05, 3.63) is 35.1 Å². The third-order valence-corrected chi connectivity index (χ3v) is 8.36. The fraction of sp³-hybridized carbons (Fsp3) is 0.667. The maximum absolute atomic E-state index is 14.5. The van der Waals surface area contributed by atoms with Crippen LogP contribution in [-0.2, 0) is 27.0 Å². The fourth-order valence-corrected chi connectivity index (χ4v) is 5.98. The number of benzene rings is 1. The van der Waals surface area contributed by atoms with Gasteiger partial charge in [0.25, 0.3) is 0 Å². The summed E-state index contributed by atoms with van der Waals surface area (Å²) in [6, 6.07) is 0.228. The second-order valence-corrected chi connectivity index (χ2v) is 12.4. The van der Waals surface area contributed by atoms with E-state index in [9.17, 15) is 27.0 Å². The molecule has 2 aliphatic heterocycles. The molecule has 0 radical (unpaired) electrons. The Morgan fingerprint density at radius 2 is 1.65 bits per heavy atom. The van der Waals surface area contributed by atoms with Crippen molar-refractivity contribution < 1.29 is 27.0 Å². The minimum atomic E-state index is -1.46. The number of nitrogens with zero attached hydrogens (tertiary/aromatic N) is 1. The van der Waals surface area contributed by atoms with Crippen molar-refractivity contribution in [2.75, 3.05) is 0 Å². The number of hydrogen-bond donors (Lipinski definition) is 2. The summed E-state index contributed by atoms with van der Waals surface area (Å²) in [4.78, 5) is 26.3. The number of fused-ring (bicyclic) bond motifs is 2. The number of nitrogens with one attached hydrogen (secondary N) is 2. The van der Waals surface area contributed by atoms with Gasteiger partial charge in [-0.1, -0.05) is 0 Å². The van der Waals surface area contributed by atoms with Gasteiger partial charge in [0.2, 0.25) is 11.8 Å². The molecule has 190 valence electrons. The molecule has 2 heterocycles. The molecule has 1 aromatic carbocycles. The van der Waals surface area contributed by atoms with Crippen LogP contribution in [0.1, 0.15) is 65.9 Å². The molecule has 0 saturated carbocycles. The lowest BCUT2D eigenvalue weighted by Crippen LogP contribution is -2.56. The molecule has 1 unspecified atom stereocenters. The Bertz CT molecular complexity index is 955. The Labute approximate surface area is 201 Å². The molecule has 2 aliphatic rings. The zero-order valence-electron chi connectivity index (χ0n) is 20.3. The Morgan fingerprint density at radius 3 is 2.18 bits per heavy atom. The maximum Gasteiger partial charge on any atom is 0.245 e. The van der Waals surface area contributed by atoms with E-state index in [-0.39, 0.29) is 41.8 Å². The molecule has 2 fully saturated rings. The Morgan fingerprint density at radius 1 is 1.09 bits per heavy atom. The smallest absolute Gasteiger partial charge is 0.245 e. The van der Waals surface area contributed by atoms with E-state index >= 15 is 0 Å². The minimum Gasteiger partial charge on any atom is -0.345 e. The summed E-state index contributed by atoms with van der Waals surface area (Å²) in [5.41, 5.74) is 0.0208. The molecular weight excluding hydrogens is 467 g/mol. The fourth-order valence-electron chi connectivity index (χ4n) is 5.07. The number of halogens is 3. The van der Waals surface area contributed by atoms with E-state index in [1.807, 2.05) is 25.7 Å². The second kappa shape index (κ2) is 10.4. The van der Waals surface area contributed by atoms with Gasteiger partial charge in [0.1, 0.15) is 11.9 Å². The molecule has 3 rings (SSSR count). The van der Waals surface area contributed by atoms with Gasteiger partial charge in [-0.05, 0) is 77.3 Å². The Balaban J connectivity index is 1.82. The first-order valence-corrected chi connectivity index (χ1v) is 12.8. The van der Waals surface area contributed by atoms with Gasteiger partial charge in [0.15, 0.2) is 11.6 Å². The number of piperidine rings is 1. The van der Waals surface area contributed by atoms with Crippen molar-refractivity contribution in [2.45, 2.75) is 95.6 Å². The Hall–Kier alpha value is -1.94. The third kappa shape index (κ3) is 6.00. The summed E-state index contributed by atoms with van der Waals surface area (Å²) in [6.45, 7) is 8.49. The second-order valence-electron chi connectivity index (χ2n) is 10.5. The van der Waals surface area contributed by atoms with Crippen LogP contribution in [0.4, 0.5) is 13.2 Å². The summed E-state index contributed by atoms with van der Waals surface area (Å²) in [7, 11) is -1.46. The molecule has 2 N–H and O–H groups in total. The molecular formula is C24H34F3N3O3S. The highest BCUT2D eigenvalue weighted by molar-refractivity contribution is 7.84. The molecule has 10 heteroatoms. The first-order valence-electron chi connectivity index (χ1n) is 11.7. The van der Waals surface area contributed by atoms with E-state index in [0.717, 1.165) is 18.9 Å². The zero-order valence-corrected chi connectivity index (χ0v) is 21.1. The number of hydrogen-bond acceptors (Lipinski definition) is 3. The van der Waals surface area contributed by atoms with Crippen LogP contribution >= 0.6 is 0 Å². The van der Waals surface area contributed by atoms with E-state index < -0.39 is 45.3 Å². The van der Waals surface area contributed by atoms with Crippen LogP contribution in [0.5, 0.6) is 0 Å². The molecule has 0 spiro atoms. The van der Waals surface area contributed by atoms with Crippen LogP contribution in [0.2, 0.25) is 0 Å².